The average Bonchev–Trinajstić information content (AvgIpc) is 3.58. The van der Waals surface area contributed by atoms with Crippen LogP contribution in [0.4, 0.5) is 0 Å². The number of benzene rings is 2. The quantitative estimate of drug-likeness (QED) is 0.244. The first-order chi connectivity index (χ1) is 17.8. The maximum Gasteiger partial charge on any atom is 0.296 e. The predicted molar refractivity (Wildman–Crippen MR) is 138 cm³/mol. The molecule has 2 aliphatic heterocycles. The van der Waals surface area contributed by atoms with Crippen molar-refractivity contribution >= 4 is 17.4 Å². The molecule has 7 nitrogen and oxygen atoms in total. The van der Waals surface area contributed by atoms with Crippen LogP contribution in [0.1, 0.15) is 55.7 Å². The van der Waals surface area contributed by atoms with E-state index in [0.29, 0.717) is 41.6 Å². The number of ketones is 1. The molecule has 0 unspecified atom stereocenters. The molecule has 2 aromatic carbocycles. The first kappa shape index (κ1) is 24.7. The van der Waals surface area contributed by atoms with Crippen molar-refractivity contribution in [3.05, 3.63) is 88.9 Å². The molecule has 0 spiro atoms. The Morgan fingerprint density at radius 2 is 1.97 bits per heavy atom. The lowest BCUT2D eigenvalue weighted by molar-refractivity contribution is -0.140. The van der Waals surface area contributed by atoms with Gasteiger partial charge in [0.1, 0.15) is 29.1 Å². The topological polar surface area (TPSA) is 89.2 Å². The number of hydrogen-bond acceptors (Lipinski definition) is 6. The number of amides is 1. The first-order valence-corrected chi connectivity index (χ1v) is 12.7. The van der Waals surface area contributed by atoms with E-state index in [4.69, 9.17) is 13.9 Å². The summed E-state index contributed by atoms with van der Waals surface area (Å²) in [5.74, 6) is 0.830. The van der Waals surface area contributed by atoms with Crippen molar-refractivity contribution < 1.29 is 28.6 Å². The van der Waals surface area contributed by atoms with E-state index in [1.807, 2.05) is 37.3 Å². The van der Waals surface area contributed by atoms with Crippen LogP contribution in [0.5, 0.6) is 11.5 Å². The summed E-state index contributed by atoms with van der Waals surface area (Å²) in [6, 6.07) is 15.4. The van der Waals surface area contributed by atoms with Crippen LogP contribution in [0.3, 0.4) is 0 Å². The second-order valence-corrected chi connectivity index (χ2v) is 10.1. The molecule has 37 heavy (non-hydrogen) atoms. The maximum atomic E-state index is 13.4. The number of furan rings is 1. The zero-order chi connectivity index (χ0) is 26.1. The fourth-order valence-corrected chi connectivity index (χ4v) is 4.87. The summed E-state index contributed by atoms with van der Waals surface area (Å²) in [6.07, 6.45) is 3.19. The SMILES string of the molecule is CC(C)CCOc1cccc([C@H]2C(=C(O)c3ccc4c(c3)C[C@@H](C)O4)C(=O)C(=O)N2Cc2ccco2)c1. The van der Waals surface area contributed by atoms with Gasteiger partial charge in [0.2, 0.25) is 0 Å². The summed E-state index contributed by atoms with van der Waals surface area (Å²) < 4.78 is 17.2. The van der Waals surface area contributed by atoms with Gasteiger partial charge in [0.05, 0.1) is 31.0 Å². The number of ether oxygens (including phenoxy) is 2. The van der Waals surface area contributed by atoms with Crippen LogP contribution in [0.15, 0.2) is 70.9 Å². The second kappa shape index (κ2) is 10.2. The van der Waals surface area contributed by atoms with E-state index in [1.54, 1.807) is 24.3 Å². The minimum Gasteiger partial charge on any atom is -0.507 e. The molecule has 0 bridgehead atoms. The lowest BCUT2D eigenvalue weighted by atomic mass is 9.94. The number of rotatable bonds is 8. The number of fused-ring (bicyclic) bond motifs is 1. The summed E-state index contributed by atoms with van der Waals surface area (Å²) in [5.41, 5.74) is 2.15. The van der Waals surface area contributed by atoms with Crippen LogP contribution >= 0.6 is 0 Å². The van der Waals surface area contributed by atoms with E-state index in [9.17, 15) is 14.7 Å². The summed E-state index contributed by atoms with van der Waals surface area (Å²) in [6.45, 7) is 6.90. The Morgan fingerprint density at radius 3 is 2.73 bits per heavy atom. The first-order valence-electron chi connectivity index (χ1n) is 12.7. The number of nitrogens with zero attached hydrogens (tertiary/aromatic N) is 1. The molecule has 0 radical (unpaired) electrons. The van der Waals surface area contributed by atoms with Crippen LogP contribution < -0.4 is 9.47 Å². The van der Waals surface area contributed by atoms with E-state index in [1.165, 1.54) is 11.2 Å². The Kier molecular flexibility index (Phi) is 6.78. The van der Waals surface area contributed by atoms with Gasteiger partial charge in [-0.2, -0.15) is 0 Å². The van der Waals surface area contributed by atoms with Gasteiger partial charge in [0, 0.05) is 12.0 Å². The van der Waals surface area contributed by atoms with Crippen LogP contribution in [-0.2, 0) is 22.6 Å². The number of carbonyl (C=O) groups is 2. The average molecular weight is 502 g/mol. The Morgan fingerprint density at radius 1 is 1.14 bits per heavy atom. The molecule has 3 aromatic rings. The molecule has 0 aliphatic carbocycles. The highest BCUT2D eigenvalue weighted by Gasteiger charge is 2.46. The lowest BCUT2D eigenvalue weighted by Crippen LogP contribution is -2.29. The number of carbonyl (C=O) groups excluding carboxylic acids is 2. The maximum absolute atomic E-state index is 13.4. The van der Waals surface area contributed by atoms with Crippen LogP contribution in [0.25, 0.3) is 5.76 Å². The van der Waals surface area contributed by atoms with Crippen LogP contribution in [0, 0.1) is 5.92 Å². The van der Waals surface area contributed by atoms with Crippen molar-refractivity contribution in [1.29, 1.82) is 0 Å². The third-order valence-electron chi connectivity index (χ3n) is 6.75. The molecule has 2 aliphatic rings. The number of hydrogen-bond donors (Lipinski definition) is 1. The molecule has 1 aromatic heterocycles. The third kappa shape index (κ3) is 4.99. The smallest absolute Gasteiger partial charge is 0.296 e. The van der Waals surface area contributed by atoms with Gasteiger partial charge in [-0.15, -0.1) is 0 Å². The number of likely N-dealkylation sites (tertiary alicyclic amines) is 1. The Balaban J connectivity index is 1.57. The second-order valence-electron chi connectivity index (χ2n) is 10.1. The monoisotopic (exact) mass is 501 g/mol. The molecule has 1 fully saturated rings. The normalized spacial score (nSPS) is 20.4. The number of aliphatic hydroxyl groups excluding tert-OH is 1. The zero-order valence-corrected chi connectivity index (χ0v) is 21.3. The van der Waals surface area contributed by atoms with Crippen molar-refractivity contribution in [3.8, 4) is 11.5 Å². The summed E-state index contributed by atoms with van der Waals surface area (Å²) in [4.78, 5) is 28.1. The van der Waals surface area contributed by atoms with Crippen molar-refractivity contribution in [2.45, 2.75) is 52.3 Å². The van der Waals surface area contributed by atoms with Gasteiger partial charge in [-0.25, -0.2) is 0 Å². The molecule has 1 N–H and O–H groups in total. The molecule has 3 heterocycles. The van der Waals surface area contributed by atoms with Crippen LogP contribution in [-0.4, -0.2) is 34.4 Å². The highest BCUT2D eigenvalue weighted by molar-refractivity contribution is 6.46. The van der Waals surface area contributed by atoms with Gasteiger partial charge in [-0.3, -0.25) is 9.59 Å². The van der Waals surface area contributed by atoms with E-state index in [0.717, 1.165) is 17.7 Å². The third-order valence-corrected chi connectivity index (χ3v) is 6.75. The predicted octanol–water partition coefficient (Wildman–Crippen LogP) is 5.65. The van der Waals surface area contributed by atoms with Gasteiger partial charge in [-0.1, -0.05) is 26.0 Å². The van der Waals surface area contributed by atoms with E-state index in [2.05, 4.69) is 13.8 Å². The van der Waals surface area contributed by atoms with Crippen molar-refractivity contribution in [3.63, 3.8) is 0 Å². The van der Waals surface area contributed by atoms with Crippen molar-refractivity contribution in [2.75, 3.05) is 6.61 Å². The molecule has 1 amide bonds. The van der Waals surface area contributed by atoms with Crippen molar-refractivity contribution in [1.82, 2.24) is 4.90 Å². The Labute approximate surface area is 216 Å². The van der Waals surface area contributed by atoms with Gasteiger partial charge >= 0.3 is 0 Å². The van der Waals surface area contributed by atoms with Gasteiger partial charge in [-0.05, 0) is 72.9 Å². The largest absolute Gasteiger partial charge is 0.507 e. The standard InChI is InChI=1S/C30H31NO6/c1-18(2)11-13-36-23-7-4-6-20(16-23)27-26(29(33)30(34)31(27)17-24-8-5-12-35-24)28(32)21-9-10-25-22(15-21)14-19(3)37-25/h4-10,12,15-16,18-19,27,32H,11,13-14,17H2,1-3H3/t19-,27+/m1/s1. The zero-order valence-electron chi connectivity index (χ0n) is 21.3. The minimum atomic E-state index is -0.804. The molecule has 2 atom stereocenters. The molecule has 192 valence electrons. The van der Waals surface area contributed by atoms with Gasteiger partial charge in [0.15, 0.2) is 0 Å². The van der Waals surface area contributed by atoms with Gasteiger partial charge in [0.25, 0.3) is 11.7 Å². The molecule has 1 saturated heterocycles. The molecular weight excluding hydrogens is 470 g/mol. The Hall–Kier alpha value is -4.00. The lowest BCUT2D eigenvalue weighted by Gasteiger charge is -2.25. The Bertz CT molecular complexity index is 1340. The molecular formula is C30H31NO6. The van der Waals surface area contributed by atoms with E-state index in [-0.39, 0.29) is 24.0 Å². The highest BCUT2D eigenvalue weighted by atomic mass is 16.5. The van der Waals surface area contributed by atoms with Gasteiger partial charge < -0.3 is 23.9 Å². The van der Waals surface area contributed by atoms with Crippen LogP contribution in [0.2, 0.25) is 0 Å². The molecule has 0 saturated carbocycles. The number of aliphatic hydroxyl groups is 1. The fourth-order valence-electron chi connectivity index (χ4n) is 4.87. The summed E-state index contributed by atoms with van der Waals surface area (Å²) >= 11 is 0. The molecule has 7 heteroatoms. The fraction of sp³-hybridized carbons (Fsp3) is 0.333. The minimum absolute atomic E-state index is 0.0443. The van der Waals surface area contributed by atoms with E-state index >= 15 is 0 Å². The summed E-state index contributed by atoms with van der Waals surface area (Å²) in [5, 5.41) is 11.4. The van der Waals surface area contributed by atoms with Crippen molar-refractivity contribution in [2.24, 2.45) is 5.92 Å². The van der Waals surface area contributed by atoms with E-state index < -0.39 is 17.7 Å². The summed E-state index contributed by atoms with van der Waals surface area (Å²) in [7, 11) is 0. The highest BCUT2D eigenvalue weighted by Crippen LogP contribution is 2.42. The number of Topliss-reactive ketones (excluding diaryl/α,β-unsaturated/α-hetero) is 1. The molecule has 5 rings (SSSR count).